The number of ether oxygens (including phenoxy) is 1. The second kappa shape index (κ2) is 9.90. The molecule has 1 aliphatic heterocycles. The van der Waals surface area contributed by atoms with E-state index in [-0.39, 0.29) is 35.0 Å². The number of benzene rings is 1. The molecule has 0 amide bonds. The van der Waals surface area contributed by atoms with Crippen molar-refractivity contribution in [2.75, 3.05) is 0 Å². The number of nitrogens with zero attached hydrogens (tertiary/aromatic N) is 1. The van der Waals surface area contributed by atoms with Crippen LogP contribution < -0.4 is 0 Å². The number of aryl methyl sites for hydroxylation is 2. The summed E-state index contributed by atoms with van der Waals surface area (Å²) < 4.78 is 6.07. The summed E-state index contributed by atoms with van der Waals surface area (Å²) in [5.41, 5.74) is 2.80. The molecule has 0 saturated heterocycles. The van der Waals surface area contributed by atoms with Gasteiger partial charge in [0, 0.05) is 23.2 Å². The minimum absolute atomic E-state index is 0.0371. The van der Waals surface area contributed by atoms with Crippen molar-refractivity contribution in [3.8, 4) is 0 Å². The fraction of sp³-hybridized carbons (Fsp3) is 0.481. The van der Waals surface area contributed by atoms with Crippen LogP contribution in [0.25, 0.3) is 0 Å². The molecule has 2 heterocycles. The lowest BCUT2D eigenvalue weighted by atomic mass is 9.80. The molecule has 0 aliphatic carbocycles. The minimum Gasteiger partial charge on any atom is -0.511 e. The van der Waals surface area contributed by atoms with E-state index in [0.717, 1.165) is 27.3 Å². The van der Waals surface area contributed by atoms with Gasteiger partial charge in [0.25, 0.3) is 0 Å². The van der Waals surface area contributed by atoms with Gasteiger partial charge in [-0.05, 0) is 66.0 Å². The SMILES string of the molecule is Cc1cc(SC2=C(O)CC(CCc3ccccn3)(C(C)C)OC2=O)c(C(C)(C)C)cc1CO. The topological polar surface area (TPSA) is 79.7 Å². The molecule has 1 aliphatic rings. The maximum absolute atomic E-state index is 13.2. The highest BCUT2D eigenvalue weighted by molar-refractivity contribution is 8.04. The van der Waals surface area contributed by atoms with Crippen molar-refractivity contribution in [3.05, 3.63) is 69.6 Å². The summed E-state index contributed by atoms with van der Waals surface area (Å²) in [6.45, 7) is 12.2. The molecule has 178 valence electrons. The highest BCUT2D eigenvalue weighted by Gasteiger charge is 2.44. The van der Waals surface area contributed by atoms with Crippen molar-refractivity contribution >= 4 is 17.7 Å². The Kier molecular flexibility index (Phi) is 7.59. The normalized spacial score (nSPS) is 19.2. The Hall–Kier alpha value is -2.31. The Morgan fingerprint density at radius 1 is 1.24 bits per heavy atom. The Labute approximate surface area is 201 Å². The smallest absolute Gasteiger partial charge is 0.349 e. The third-order valence-corrected chi connectivity index (χ3v) is 7.59. The van der Waals surface area contributed by atoms with E-state index in [1.54, 1.807) is 6.20 Å². The van der Waals surface area contributed by atoms with Gasteiger partial charge in [0.05, 0.1) is 6.61 Å². The number of pyridine rings is 1. The monoisotopic (exact) mass is 469 g/mol. The number of carbonyl (C=O) groups excluding carboxylic acids is 1. The lowest BCUT2D eigenvalue weighted by Gasteiger charge is -2.40. The van der Waals surface area contributed by atoms with Crippen molar-refractivity contribution < 1.29 is 19.7 Å². The zero-order chi connectivity index (χ0) is 24.4. The number of cyclic esters (lactones) is 1. The molecule has 33 heavy (non-hydrogen) atoms. The van der Waals surface area contributed by atoms with Gasteiger partial charge < -0.3 is 14.9 Å². The van der Waals surface area contributed by atoms with E-state index < -0.39 is 11.6 Å². The van der Waals surface area contributed by atoms with E-state index in [1.165, 1.54) is 11.8 Å². The number of rotatable bonds is 7. The van der Waals surface area contributed by atoms with Gasteiger partial charge in [0.2, 0.25) is 0 Å². The van der Waals surface area contributed by atoms with E-state index >= 15 is 0 Å². The lowest BCUT2D eigenvalue weighted by Crippen LogP contribution is -2.44. The van der Waals surface area contributed by atoms with Gasteiger partial charge in [-0.25, -0.2) is 4.79 Å². The first-order valence-electron chi connectivity index (χ1n) is 11.4. The molecule has 1 unspecified atom stereocenters. The van der Waals surface area contributed by atoms with Crippen LogP contribution in [0.4, 0.5) is 0 Å². The van der Waals surface area contributed by atoms with Gasteiger partial charge in [-0.15, -0.1) is 0 Å². The first-order chi connectivity index (χ1) is 15.5. The van der Waals surface area contributed by atoms with Crippen LogP contribution in [-0.4, -0.2) is 26.8 Å². The number of hydrogen-bond acceptors (Lipinski definition) is 6. The molecule has 6 heteroatoms. The molecular weight excluding hydrogens is 434 g/mol. The first kappa shape index (κ1) is 25.3. The summed E-state index contributed by atoms with van der Waals surface area (Å²) in [6.07, 6.45) is 3.29. The predicted molar refractivity (Wildman–Crippen MR) is 132 cm³/mol. The summed E-state index contributed by atoms with van der Waals surface area (Å²) >= 11 is 1.26. The third-order valence-electron chi connectivity index (χ3n) is 6.42. The van der Waals surface area contributed by atoms with E-state index in [2.05, 4.69) is 25.8 Å². The van der Waals surface area contributed by atoms with Crippen LogP contribution in [0.15, 0.2) is 52.1 Å². The quantitative estimate of drug-likeness (QED) is 0.483. The maximum Gasteiger partial charge on any atom is 0.349 e. The van der Waals surface area contributed by atoms with Crippen LogP contribution in [0.5, 0.6) is 0 Å². The van der Waals surface area contributed by atoms with Gasteiger partial charge in [-0.2, -0.15) is 0 Å². The van der Waals surface area contributed by atoms with Crippen LogP contribution in [0.3, 0.4) is 0 Å². The summed E-state index contributed by atoms with van der Waals surface area (Å²) in [4.78, 5) is 18.7. The van der Waals surface area contributed by atoms with Gasteiger partial charge in [-0.3, -0.25) is 4.98 Å². The summed E-state index contributed by atoms with van der Waals surface area (Å²) in [7, 11) is 0. The molecule has 1 aromatic heterocycles. The number of carbonyl (C=O) groups is 1. The average Bonchev–Trinajstić information content (AvgIpc) is 2.74. The van der Waals surface area contributed by atoms with Crippen LogP contribution in [0, 0.1) is 12.8 Å². The Morgan fingerprint density at radius 3 is 2.52 bits per heavy atom. The second-order valence-electron chi connectivity index (χ2n) is 10.2. The molecular formula is C27H35NO4S. The summed E-state index contributed by atoms with van der Waals surface area (Å²) in [6, 6.07) is 9.76. The van der Waals surface area contributed by atoms with Gasteiger partial charge in [-0.1, -0.05) is 58.5 Å². The van der Waals surface area contributed by atoms with Gasteiger partial charge in [0.15, 0.2) is 0 Å². The molecule has 5 nitrogen and oxygen atoms in total. The Bertz CT molecular complexity index is 1040. The van der Waals surface area contributed by atoms with Crippen LogP contribution in [0.2, 0.25) is 0 Å². The molecule has 1 atom stereocenters. The Balaban J connectivity index is 1.92. The van der Waals surface area contributed by atoms with Crippen molar-refractivity contribution in [3.63, 3.8) is 0 Å². The van der Waals surface area contributed by atoms with E-state index in [1.807, 2.05) is 51.1 Å². The number of hydrogen-bond donors (Lipinski definition) is 2. The number of thioether (sulfide) groups is 1. The summed E-state index contributed by atoms with van der Waals surface area (Å²) in [5, 5.41) is 20.8. The zero-order valence-corrected chi connectivity index (χ0v) is 21.3. The number of aliphatic hydroxyl groups is 2. The molecule has 1 aromatic carbocycles. The van der Waals surface area contributed by atoms with E-state index in [0.29, 0.717) is 12.8 Å². The minimum atomic E-state index is -0.772. The van der Waals surface area contributed by atoms with Crippen molar-refractivity contribution in [1.82, 2.24) is 4.98 Å². The van der Waals surface area contributed by atoms with Crippen LogP contribution >= 0.6 is 11.8 Å². The molecule has 0 spiro atoms. The third kappa shape index (κ3) is 5.61. The molecule has 0 radical (unpaired) electrons. The number of esters is 1. The zero-order valence-electron chi connectivity index (χ0n) is 20.4. The van der Waals surface area contributed by atoms with Crippen molar-refractivity contribution in [2.24, 2.45) is 5.92 Å². The molecule has 3 rings (SSSR count). The highest BCUT2D eigenvalue weighted by atomic mass is 32.2. The molecule has 2 aromatic rings. The van der Waals surface area contributed by atoms with E-state index in [4.69, 9.17) is 4.74 Å². The second-order valence-corrected chi connectivity index (χ2v) is 11.2. The lowest BCUT2D eigenvalue weighted by molar-refractivity contribution is -0.164. The van der Waals surface area contributed by atoms with Gasteiger partial charge in [0.1, 0.15) is 16.3 Å². The van der Waals surface area contributed by atoms with Gasteiger partial charge >= 0.3 is 5.97 Å². The summed E-state index contributed by atoms with van der Waals surface area (Å²) in [5.74, 6) is -0.369. The number of aromatic nitrogens is 1. The fourth-order valence-electron chi connectivity index (χ4n) is 4.16. The average molecular weight is 470 g/mol. The predicted octanol–water partition coefficient (Wildman–Crippen LogP) is 6.02. The number of aliphatic hydroxyl groups excluding tert-OH is 2. The van der Waals surface area contributed by atoms with Crippen molar-refractivity contribution in [1.29, 1.82) is 0 Å². The molecule has 0 saturated carbocycles. The highest BCUT2D eigenvalue weighted by Crippen LogP contribution is 2.45. The Morgan fingerprint density at radius 2 is 1.97 bits per heavy atom. The molecule has 0 bridgehead atoms. The molecule has 0 fully saturated rings. The largest absolute Gasteiger partial charge is 0.511 e. The van der Waals surface area contributed by atoms with Crippen LogP contribution in [0.1, 0.15) is 69.8 Å². The molecule has 2 N–H and O–H groups in total. The standard InChI is InChI=1S/C27H35NO4S/c1-17(2)27(11-10-20-9-7-8-12-28-20)15-22(30)24(25(31)32-27)33-23-13-18(3)19(16-29)14-21(23)26(4,5)6/h7-9,12-14,17,29-30H,10-11,15-16H2,1-6H3. The first-order valence-corrected chi connectivity index (χ1v) is 12.3. The van der Waals surface area contributed by atoms with E-state index in [9.17, 15) is 15.0 Å². The fourth-order valence-corrected chi connectivity index (χ4v) is 5.41. The maximum atomic E-state index is 13.2. The van der Waals surface area contributed by atoms with Crippen LogP contribution in [-0.2, 0) is 28.0 Å². The van der Waals surface area contributed by atoms with Crippen molar-refractivity contribution in [2.45, 2.75) is 83.3 Å².